The second-order valence-corrected chi connectivity index (χ2v) is 8.76. The van der Waals surface area contributed by atoms with Gasteiger partial charge in [-0.2, -0.15) is 0 Å². The first kappa shape index (κ1) is 19.0. The highest BCUT2D eigenvalue weighted by Gasteiger charge is 2.45. The molecule has 0 bridgehead atoms. The van der Waals surface area contributed by atoms with Gasteiger partial charge in [-0.15, -0.1) is 0 Å². The molecule has 0 unspecified atom stereocenters. The zero-order chi connectivity index (χ0) is 18.8. The van der Waals surface area contributed by atoms with E-state index in [2.05, 4.69) is 81.6 Å². The third kappa shape index (κ3) is 4.29. The molecule has 1 saturated carbocycles. The van der Waals surface area contributed by atoms with Gasteiger partial charge in [0.1, 0.15) is 5.76 Å². The minimum absolute atomic E-state index is 0.0351. The Morgan fingerprint density at radius 3 is 2.58 bits per heavy atom. The lowest BCUT2D eigenvalue weighted by Gasteiger charge is -2.20. The van der Waals surface area contributed by atoms with Crippen LogP contribution in [-0.2, 0) is 17.4 Å². The molecule has 6 heteroatoms. The van der Waals surface area contributed by atoms with E-state index in [1.54, 1.807) is 13.2 Å². The van der Waals surface area contributed by atoms with E-state index in [-0.39, 0.29) is 10.8 Å². The number of benzene rings is 1. The molecule has 0 radical (unpaired) electrons. The summed E-state index contributed by atoms with van der Waals surface area (Å²) in [4.78, 5) is 8.67. The smallest absolute Gasteiger partial charge is 0.213 e. The Kier molecular flexibility index (Phi) is 5.42. The number of aliphatic imine (C=N–C) groups is 1. The van der Waals surface area contributed by atoms with Gasteiger partial charge < -0.3 is 15.1 Å². The Hall–Kier alpha value is -1.82. The molecule has 0 spiro atoms. The number of hydrogen-bond donors (Lipinski definition) is 2. The molecule has 3 rings (SSSR count). The van der Waals surface area contributed by atoms with Crippen LogP contribution >= 0.6 is 15.9 Å². The molecule has 1 aliphatic rings. The van der Waals surface area contributed by atoms with Gasteiger partial charge >= 0.3 is 0 Å². The van der Waals surface area contributed by atoms with Crippen LogP contribution in [0.5, 0.6) is 0 Å². The maximum atomic E-state index is 5.82. The molecular formula is C20H27BrN4O. The number of aromatic nitrogens is 1. The number of rotatable bonds is 5. The third-order valence-electron chi connectivity index (χ3n) is 4.82. The first-order valence-electron chi connectivity index (χ1n) is 8.99. The minimum atomic E-state index is -0.0351. The number of hydrogen-bond acceptors (Lipinski definition) is 3. The van der Waals surface area contributed by atoms with Crippen molar-refractivity contribution in [3.8, 4) is 0 Å². The largest absolute Gasteiger partial charge is 0.443 e. The van der Waals surface area contributed by atoms with Crippen LogP contribution in [0, 0.1) is 0 Å². The molecule has 0 aliphatic heterocycles. The highest BCUT2D eigenvalue weighted by Crippen LogP contribution is 2.49. The molecule has 0 amide bonds. The second-order valence-electron chi connectivity index (χ2n) is 7.91. The Balaban J connectivity index is 1.56. The lowest BCUT2D eigenvalue weighted by atomic mass is 9.94. The topological polar surface area (TPSA) is 62.5 Å². The molecule has 1 aromatic heterocycles. The first-order chi connectivity index (χ1) is 12.3. The van der Waals surface area contributed by atoms with Gasteiger partial charge in [-0.05, 0) is 24.5 Å². The summed E-state index contributed by atoms with van der Waals surface area (Å²) >= 11 is 3.68. The fourth-order valence-electron chi connectivity index (χ4n) is 2.96. The van der Waals surface area contributed by atoms with E-state index in [4.69, 9.17) is 4.42 Å². The molecule has 1 aliphatic carbocycles. The van der Waals surface area contributed by atoms with E-state index in [1.165, 1.54) is 22.9 Å². The molecule has 0 atom stereocenters. The molecule has 26 heavy (non-hydrogen) atoms. The van der Waals surface area contributed by atoms with Crippen LogP contribution in [0.4, 0.5) is 0 Å². The van der Waals surface area contributed by atoms with Crippen LogP contribution < -0.4 is 10.6 Å². The summed E-state index contributed by atoms with van der Waals surface area (Å²) in [6.45, 7) is 7.71. The van der Waals surface area contributed by atoms with Crippen LogP contribution in [0.2, 0.25) is 0 Å². The van der Waals surface area contributed by atoms with Gasteiger partial charge in [-0.1, -0.05) is 54.9 Å². The van der Waals surface area contributed by atoms with Crippen molar-refractivity contribution in [2.75, 3.05) is 13.6 Å². The molecule has 5 nitrogen and oxygen atoms in total. The number of nitrogens with one attached hydrogen (secondary N) is 2. The van der Waals surface area contributed by atoms with E-state index in [1.807, 2.05) is 0 Å². The molecule has 140 valence electrons. The van der Waals surface area contributed by atoms with Crippen LogP contribution in [0.15, 0.2) is 44.3 Å². The maximum absolute atomic E-state index is 5.82. The van der Waals surface area contributed by atoms with Crippen molar-refractivity contribution in [3.63, 3.8) is 0 Å². The maximum Gasteiger partial charge on any atom is 0.213 e. The quantitative estimate of drug-likeness (QED) is 0.565. The number of halogens is 1. The van der Waals surface area contributed by atoms with E-state index in [0.29, 0.717) is 12.4 Å². The number of guanidine groups is 1. The highest BCUT2D eigenvalue weighted by atomic mass is 79.9. The minimum Gasteiger partial charge on any atom is -0.443 e. The van der Waals surface area contributed by atoms with Gasteiger partial charge in [-0.3, -0.25) is 4.99 Å². The van der Waals surface area contributed by atoms with Gasteiger partial charge in [0.25, 0.3) is 0 Å². The molecule has 2 aromatic rings. The lowest BCUT2D eigenvalue weighted by Crippen LogP contribution is -2.41. The normalized spacial score (nSPS) is 16.4. The van der Waals surface area contributed by atoms with E-state index in [9.17, 15) is 0 Å². The standard InChI is InChI=1S/C20H27BrN4O/c1-19(2,3)16-11-23-17(26-16)12-24-18(22-4)25-13-20(9-10-20)14-7-5-6-8-15(14)21/h5-8,11H,9-10,12-13H2,1-4H3,(H2,22,24,25). The molecule has 1 aromatic carbocycles. The van der Waals surface area contributed by atoms with Gasteiger partial charge in [0, 0.05) is 28.9 Å². The Morgan fingerprint density at radius 1 is 1.27 bits per heavy atom. The summed E-state index contributed by atoms with van der Waals surface area (Å²) in [7, 11) is 1.78. The van der Waals surface area contributed by atoms with Gasteiger partial charge in [0.15, 0.2) is 5.96 Å². The van der Waals surface area contributed by atoms with Crippen molar-refractivity contribution in [1.82, 2.24) is 15.6 Å². The van der Waals surface area contributed by atoms with Crippen molar-refractivity contribution in [3.05, 3.63) is 52.1 Å². The van der Waals surface area contributed by atoms with Crippen molar-refractivity contribution < 1.29 is 4.42 Å². The zero-order valence-electron chi connectivity index (χ0n) is 15.9. The summed E-state index contributed by atoms with van der Waals surface area (Å²) in [5, 5.41) is 6.74. The monoisotopic (exact) mass is 418 g/mol. The van der Waals surface area contributed by atoms with E-state index in [0.717, 1.165) is 18.3 Å². The molecular weight excluding hydrogens is 392 g/mol. The van der Waals surface area contributed by atoms with Crippen LogP contribution in [0.1, 0.15) is 50.8 Å². The summed E-state index contributed by atoms with van der Waals surface area (Å²) in [5.41, 5.74) is 1.53. The predicted octanol–water partition coefficient (Wildman–Crippen LogP) is 4.13. The van der Waals surface area contributed by atoms with Crippen molar-refractivity contribution in [1.29, 1.82) is 0 Å². The predicted molar refractivity (Wildman–Crippen MR) is 108 cm³/mol. The number of oxazole rings is 1. The van der Waals surface area contributed by atoms with Gasteiger partial charge in [0.2, 0.25) is 5.89 Å². The fourth-order valence-corrected chi connectivity index (χ4v) is 3.66. The Labute approximate surface area is 163 Å². The fraction of sp³-hybridized carbons (Fsp3) is 0.500. The zero-order valence-corrected chi connectivity index (χ0v) is 17.5. The lowest BCUT2D eigenvalue weighted by molar-refractivity contribution is 0.379. The number of nitrogens with zero attached hydrogens (tertiary/aromatic N) is 2. The van der Waals surface area contributed by atoms with Gasteiger partial charge in [0.05, 0.1) is 12.7 Å². The third-order valence-corrected chi connectivity index (χ3v) is 5.51. The van der Waals surface area contributed by atoms with Crippen LogP contribution in [-0.4, -0.2) is 24.5 Å². The van der Waals surface area contributed by atoms with Crippen molar-refractivity contribution in [2.24, 2.45) is 4.99 Å². The summed E-state index contributed by atoms with van der Waals surface area (Å²) in [5.74, 6) is 2.33. The Morgan fingerprint density at radius 2 is 2.00 bits per heavy atom. The molecule has 1 fully saturated rings. The van der Waals surface area contributed by atoms with E-state index < -0.39 is 0 Å². The van der Waals surface area contributed by atoms with Crippen molar-refractivity contribution in [2.45, 2.75) is 51.0 Å². The average molecular weight is 419 g/mol. The summed E-state index contributed by atoms with van der Waals surface area (Å²) < 4.78 is 7.00. The van der Waals surface area contributed by atoms with Gasteiger partial charge in [-0.25, -0.2) is 4.98 Å². The summed E-state index contributed by atoms with van der Waals surface area (Å²) in [6.07, 6.45) is 4.18. The average Bonchev–Trinajstić information content (AvgIpc) is 3.22. The molecule has 1 heterocycles. The highest BCUT2D eigenvalue weighted by molar-refractivity contribution is 9.10. The van der Waals surface area contributed by atoms with Crippen molar-refractivity contribution >= 4 is 21.9 Å². The molecule has 2 N–H and O–H groups in total. The van der Waals surface area contributed by atoms with Crippen LogP contribution in [0.25, 0.3) is 0 Å². The molecule has 0 saturated heterocycles. The van der Waals surface area contributed by atoms with E-state index >= 15 is 0 Å². The Bertz CT molecular complexity index is 787. The second kappa shape index (κ2) is 7.43. The summed E-state index contributed by atoms with van der Waals surface area (Å²) in [6, 6.07) is 8.47. The SMILES string of the molecule is CN=C(NCc1ncc(C(C)(C)C)o1)NCC1(c2ccccc2Br)CC1. The first-order valence-corrected chi connectivity index (χ1v) is 9.78. The van der Waals surface area contributed by atoms with Crippen LogP contribution in [0.3, 0.4) is 0 Å².